The summed E-state index contributed by atoms with van der Waals surface area (Å²) in [5.74, 6) is -2.66. The van der Waals surface area contributed by atoms with Crippen molar-refractivity contribution in [2.75, 3.05) is 6.61 Å². The molecule has 1 N–H and O–H groups in total. The Morgan fingerprint density at radius 3 is 2.30 bits per heavy atom. The second kappa shape index (κ2) is 7.68. The van der Waals surface area contributed by atoms with Crippen LogP contribution in [0, 0.1) is 11.8 Å². The van der Waals surface area contributed by atoms with Crippen LogP contribution in [0.15, 0.2) is 30.3 Å². The molecule has 4 heteroatoms. The van der Waals surface area contributed by atoms with E-state index in [9.17, 15) is 9.59 Å². The molecule has 0 saturated heterocycles. The predicted octanol–water partition coefficient (Wildman–Crippen LogP) is 3.08. The molecule has 0 fully saturated rings. The van der Waals surface area contributed by atoms with Crippen molar-refractivity contribution in [3.05, 3.63) is 35.9 Å². The minimum absolute atomic E-state index is 0.104. The number of carbonyl (C=O) groups excluding carboxylic acids is 1. The Bertz CT molecular complexity index is 441. The average Bonchev–Trinajstić information content (AvgIpc) is 2.44. The number of ether oxygens (including phenoxy) is 1. The van der Waals surface area contributed by atoms with Gasteiger partial charge in [-0.1, -0.05) is 44.2 Å². The van der Waals surface area contributed by atoms with E-state index in [-0.39, 0.29) is 12.5 Å². The van der Waals surface area contributed by atoms with Crippen LogP contribution in [0.25, 0.3) is 0 Å². The van der Waals surface area contributed by atoms with Crippen molar-refractivity contribution in [2.24, 2.45) is 11.8 Å². The first-order valence-electron chi connectivity index (χ1n) is 6.91. The highest BCUT2D eigenvalue weighted by Gasteiger charge is 2.32. The van der Waals surface area contributed by atoms with Gasteiger partial charge in [-0.3, -0.25) is 9.59 Å². The SMILES string of the molecule is CCOC(=O)C(CC(C)c1ccccc1)C(C)C(=O)O. The Morgan fingerprint density at radius 1 is 1.20 bits per heavy atom. The highest BCUT2D eigenvalue weighted by molar-refractivity contribution is 5.80. The lowest BCUT2D eigenvalue weighted by Gasteiger charge is -2.22. The molecule has 0 aliphatic heterocycles. The number of aliphatic carboxylic acids is 1. The topological polar surface area (TPSA) is 63.6 Å². The first kappa shape index (κ1) is 16.2. The van der Waals surface area contributed by atoms with Gasteiger partial charge in [-0.15, -0.1) is 0 Å². The quantitative estimate of drug-likeness (QED) is 0.778. The van der Waals surface area contributed by atoms with Crippen LogP contribution in [0.5, 0.6) is 0 Å². The maximum absolute atomic E-state index is 12.0. The molecule has 1 aromatic carbocycles. The molecule has 0 spiro atoms. The number of esters is 1. The molecular weight excluding hydrogens is 256 g/mol. The van der Waals surface area contributed by atoms with Gasteiger partial charge < -0.3 is 9.84 Å². The molecule has 0 amide bonds. The zero-order valence-electron chi connectivity index (χ0n) is 12.2. The van der Waals surface area contributed by atoms with Gasteiger partial charge >= 0.3 is 11.9 Å². The van der Waals surface area contributed by atoms with Gasteiger partial charge in [0.2, 0.25) is 0 Å². The summed E-state index contributed by atoms with van der Waals surface area (Å²) in [4.78, 5) is 23.1. The summed E-state index contributed by atoms with van der Waals surface area (Å²) < 4.78 is 5.01. The first-order valence-corrected chi connectivity index (χ1v) is 6.91. The highest BCUT2D eigenvalue weighted by atomic mass is 16.5. The lowest BCUT2D eigenvalue weighted by molar-refractivity contribution is -0.157. The number of carboxylic acid groups (broad SMARTS) is 1. The molecule has 3 atom stereocenters. The minimum Gasteiger partial charge on any atom is -0.481 e. The monoisotopic (exact) mass is 278 g/mol. The van der Waals surface area contributed by atoms with Crippen molar-refractivity contribution in [3.63, 3.8) is 0 Å². The number of rotatable bonds is 7. The number of benzene rings is 1. The second-order valence-corrected chi connectivity index (χ2v) is 5.03. The second-order valence-electron chi connectivity index (χ2n) is 5.03. The summed E-state index contributed by atoms with van der Waals surface area (Å²) in [7, 11) is 0. The normalized spacial score (nSPS) is 15.2. The molecule has 1 aromatic rings. The number of carbonyl (C=O) groups is 2. The zero-order valence-corrected chi connectivity index (χ0v) is 12.2. The molecule has 0 aromatic heterocycles. The van der Waals surface area contributed by atoms with Crippen molar-refractivity contribution < 1.29 is 19.4 Å². The van der Waals surface area contributed by atoms with E-state index in [2.05, 4.69) is 0 Å². The molecule has 20 heavy (non-hydrogen) atoms. The molecule has 0 bridgehead atoms. The van der Waals surface area contributed by atoms with Crippen LogP contribution in [0.3, 0.4) is 0 Å². The van der Waals surface area contributed by atoms with Crippen LogP contribution in [-0.2, 0) is 14.3 Å². The van der Waals surface area contributed by atoms with Crippen LogP contribution in [0.2, 0.25) is 0 Å². The van der Waals surface area contributed by atoms with Gasteiger partial charge in [0, 0.05) is 0 Å². The van der Waals surface area contributed by atoms with Gasteiger partial charge in [-0.05, 0) is 24.8 Å². The number of carboxylic acids is 1. The van der Waals surface area contributed by atoms with Crippen LogP contribution in [-0.4, -0.2) is 23.7 Å². The Morgan fingerprint density at radius 2 is 1.80 bits per heavy atom. The van der Waals surface area contributed by atoms with E-state index >= 15 is 0 Å². The van der Waals surface area contributed by atoms with Crippen LogP contribution < -0.4 is 0 Å². The number of hydrogen-bond acceptors (Lipinski definition) is 3. The minimum atomic E-state index is -0.969. The van der Waals surface area contributed by atoms with E-state index in [1.807, 2.05) is 37.3 Å². The Hall–Kier alpha value is -1.84. The molecule has 0 heterocycles. The van der Waals surface area contributed by atoms with Gasteiger partial charge in [-0.2, -0.15) is 0 Å². The van der Waals surface area contributed by atoms with Crippen molar-refractivity contribution >= 4 is 11.9 Å². The van der Waals surface area contributed by atoms with E-state index in [0.29, 0.717) is 6.42 Å². The van der Waals surface area contributed by atoms with E-state index in [1.165, 1.54) is 0 Å². The maximum Gasteiger partial charge on any atom is 0.309 e. The standard InChI is InChI=1S/C16H22O4/c1-4-20-16(19)14(12(3)15(17)18)10-11(2)13-8-6-5-7-9-13/h5-9,11-12,14H,4,10H2,1-3H3,(H,17,18). The molecule has 110 valence electrons. The van der Waals surface area contributed by atoms with Crippen molar-refractivity contribution in [2.45, 2.75) is 33.1 Å². The molecule has 3 unspecified atom stereocenters. The van der Waals surface area contributed by atoms with Crippen molar-refractivity contribution in [1.29, 1.82) is 0 Å². The molecule has 1 rings (SSSR count). The van der Waals surface area contributed by atoms with Gasteiger partial charge in [0.15, 0.2) is 0 Å². The third kappa shape index (κ3) is 4.37. The summed E-state index contributed by atoms with van der Waals surface area (Å²) >= 11 is 0. The summed E-state index contributed by atoms with van der Waals surface area (Å²) in [6.07, 6.45) is 0.469. The summed E-state index contributed by atoms with van der Waals surface area (Å²) in [5.41, 5.74) is 1.10. The van der Waals surface area contributed by atoms with Crippen molar-refractivity contribution in [1.82, 2.24) is 0 Å². The molecule has 0 aliphatic rings. The van der Waals surface area contributed by atoms with Gasteiger partial charge in [0.25, 0.3) is 0 Å². The van der Waals surface area contributed by atoms with E-state index < -0.39 is 23.8 Å². The predicted molar refractivity (Wildman–Crippen MR) is 76.4 cm³/mol. The fraction of sp³-hybridized carbons (Fsp3) is 0.500. The smallest absolute Gasteiger partial charge is 0.309 e. The molecular formula is C16H22O4. The third-order valence-electron chi connectivity index (χ3n) is 3.56. The van der Waals surface area contributed by atoms with E-state index in [0.717, 1.165) is 5.56 Å². The molecule has 0 aliphatic carbocycles. The highest BCUT2D eigenvalue weighted by Crippen LogP contribution is 2.28. The van der Waals surface area contributed by atoms with E-state index in [1.54, 1.807) is 13.8 Å². The van der Waals surface area contributed by atoms with Crippen LogP contribution >= 0.6 is 0 Å². The average molecular weight is 278 g/mol. The molecule has 4 nitrogen and oxygen atoms in total. The fourth-order valence-corrected chi connectivity index (χ4v) is 2.22. The fourth-order valence-electron chi connectivity index (χ4n) is 2.22. The van der Waals surface area contributed by atoms with Gasteiger partial charge in [-0.25, -0.2) is 0 Å². The van der Waals surface area contributed by atoms with E-state index in [4.69, 9.17) is 9.84 Å². The van der Waals surface area contributed by atoms with Gasteiger partial charge in [0.1, 0.15) is 0 Å². The molecule has 0 saturated carbocycles. The summed E-state index contributed by atoms with van der Waals surface area (Å²) in [5, 5.41) is 9.15. The molecule has 0 radical (unpaired) electrons. The zero-order chi connectivity index (χ0) is 15.1. The van der Waals surface area contributed by atoms with Crippen LogP contribution in [0.4, 0.5) is 0 Å². The first-order chi connectivity index (χ1) is 9.47. The summed E-state index contributed by atoms with van der Waals surface area (Å²) in [6.45, 7) is 5.54. The summed E-state index contributed by atoms with van der Waals surface area (Å²) in [6, 6.07) is 9.77. The van der Waals surface area contributed by atoms with Crippen LogP contribution in [0.1, 0.15) is 38.7 Å². The largest absolute Gasteiger partial charge is 0.481 e. The third-order valence-corrected chi connectivity index (χ3v) is 3.56. The lowest BCUT2D eigenvalue weighted by Crippen LogP contribution is -2.30. The Balaban J connectivity index is 2.84. The van der Waals surface area contributed by atoms with Gasteiger partial charge in [0.05, 0.1) is 18.4 Å². The Kier molecular flexibility index (Phi) is 6.22. The maximum atomic E-state index is 12.0. The lowest BCUT2D eigenvalue weighted by atomic mass is 9.83. The van der Waals surface area contributed by atoms with Crippen molar-refractivity contribution in [3.8, 4) is 0 Å². The Labute approximate surface area is 119 Å². The number of hydrogen-bond donors (Lipinski definition) is 1.